The first-order chi connectivity index (χ1) is 9.26. The molecule has 0 aliphatic rings. The van der Waals surface area contributed by atoms with Crippen LogP contribution in [-0.4, -0.2) is 18.7 Å². The molecule has 0 aliphatic carbocycles. The fourth-order valence-corrected chi connectivity index (χ4v) is 1.55. The normalized spacial score (nSPS) is 11.4. The summed E-state index contributed by atoms with van der Waals surface area (Å²) in [4.78, 5) is 11.6. The summed E-state index contributed by atoms with van der Waals surface area (Å²) in [5.74, 6) is 0.272. The number of ether oxygens (including phenoxy) is 2. The molecule has 3 heteroatoms. The Kier molecular flexibility index (Phi) is 7.10. The number of para-hydroxylation sites is 1. The van der Waals surface area contributed by atoms with Crippen LogP contribution >= 0.6 is 0 Å². The van der Waals surface area contributed by atoms with Gasteiger partial charge < -0.3 is 9.47 Å². The van der Waals surface area contributed by atoms with Crippen molar-refractivity contribution in [2.45, 2.75) is 25.4 Å². The van der Waals surface area contributed by atoms with Crippen molar-refractivity contribution in [3.8, 4) is 5.75 Å². The van der Waals surface area contributed by atoms with Gasteiger partial charge in [-0.2, -0.15) is 0 Å². The SMILES string of the molecule is C=CCCC[C@H](C=C)OC(=O)COc1ccccc1. The van der Waals surface area contributed by atoms with Gasteiger partial charge in [-0.15, -0.1) is 6.58 Å². The van der Waals surface area contributed by atoms with Crippen LogP contribution in [0.1, 0.15) is 19.3 Å². The smallest absolute Gasteiger partial charge is 0.344 e. The third-order valence-electron chi connectivity index (χ3n) is 2.54. The lowest BCUT2D eigenvalue weighted by molar-refractivity contribution is -0.149. The molecule has 0 aliphatic heterocycles. The van der Waals surface area contributed by atoms with Crippen molar-refractivity contribution >= 4 is 5.97 Å². The van der Waals surface area contributed by atoms with E-state index in [0.29, 0.717) is 5.75 Å². The Morgan fingerprint density at radius 3 is 2.63 bits per heavy atom. The molecule has 0 aromatic heterocycles. The molecule has 1 atom stereocenters. The van der Waals surface area contributed by atoms with Gasteiger partial charge in [0.1, 0.15) is 11.9 Å². The molecule has 1 rings (SSSR count). The van der Waals surface area contributed by atoms with Crippen LogP contribution in [-0.2, 0) is 9.53 Å². The third kappa shape index (κ3) is 6.46. The second-order valence-corrected chi connectivity index (χ2v) is 4.09. The first-order valence-electron chi connectivity index (χ1n) is 6.37. The van der Waals surface area contributed by atoms with E-state index in [9.17, 15) is 4.79 Å². The molecule has 102 valence electrons. The van der Waals surface area contributed by atoms with Gasteiger partial charge in [-0.05, 0) is 31.4 Å². The molecule has 0 unspecified atom stereocenters. The van der Waals surface area contributed by atoms with Gasteiger partial charge in [0.25, 0.3) is 0 Å². The van der Waals surface area contributed by atoms with E-state index in [-0.39, 0.29) is 18.7 Å². The van der Waals surface area contributed by atoms with Gasteiger partial charge in [0, 0.05) is 0 Å². The molecule has 0 spiro atoms. The molecule has 0 bridgehead atoms. The molecular weight excluding hydrogens is 240 g/mol. The fourth-order valence-electron chi connectivity index (χ4n) is 1.55. The van der Waals surface area contributed by atoms with Crippen molar-refractivity contribution in [2.75, 3.05) is 6.61 Å². The highest BCUT2D eigenvalue weighted by molar-refractivity contribution is 5.71. The minimum Gasteiger partial charge on any atom is -0.482 e. The van der Waals surface area contributed by atoms with Crippen molar-refractivity contribution in [3.63, 3.8) is 0 Å². The number of allylic oxidation sites excluding steroid dienone is 1. The van der Waals surface area contributed by atoms with Crippen molar-refractivity contribution in [3.05, 3.63) is 55.6 Å². The van der Waals surface area contributed by atoms with E-state index in [1.165, 1.54) is 0 Å². The number of benzene rings is 1. The Morgan fingerprint density at radius 1 is 1.26 bits per heavy atom. The van der Waals surface area contributed by atoms with Crippen molar-refractivity contribution < 1.29 is 14.3 Å². The Bertz CT molecular complexity index is 398. The summed E-state index contributed by atoms with van der Waals surface area (Å²) < 4.78 is 10.6. The van der Waals surface area contributed by atoms with Crippen LogP contribution in [0.15, 0.2) is 55.6 Å². The van der Waals surface area contributed by atoms with Gasteiger partial charge in [-0.3, -0.25) is 0 Å². The minimum absolute atomic E-state index is 0.0875. The maximum Gasteiger partial charge on any atom is 0.344 e. The zero-order chi connectivity index (χ0) is 13.9. The topological polar surface area (TPSA) is 35.5 Å². The second-order valence-electron chi connectivity index (χ2n) is 4.09. The average molecular weight is 260 g/mol. The number of carbonyl (C=O) groups is 1. The molecule has 0 heterocycles. The summed E-state index contributed by atoms with van der Waals surface area (Å²) in [6.45, 7) is 7.23. The van der Waals surface area contributed by atoms with Gasteiger partial charge in [0.2, 0.25) is 0 Å². The zero-order valence-corrected chi connectivity index (χ0v) is 11.1. The predicted molar refractivity (Wildman–Crippen MR) is 76.1 cm³/mol. The maximum atomic E-state index is 11.6. The predicted octanol–water partition coefficient (Wildman–Crippen LogP) is 3.52. The minimum atomic E-state index is -0.382. The molecule has 0 radical (unpaired) electrons. The molecule has 1 aromatic carbocycles. The zero-order valence-electron chi connectivity index (χ0n) is 11.1. The number of esters is 1. The van der Waals surface area contributed by atoms with Crippen LogP contribution in [0.25, 0.3) is 0 Å². The van der Waals surface area contributed by atoms with E-state index in [0.717, 1.165) is 19.3 Å². The largest absolute Gasteiger partial charge is 0.482 e. The van der Waals surface area contributed by atoms with E-state index in [1.807, 2.05) is 24.3 Å². The molecule has 0 amide bonds. The maximum absolute atomic E-state index is 11.6. The summed E-state index contributed by atoms with van der Waals surface area (Å²) >= 11 is 0. The number of unbranched alkanes of at least 4 members (excludes halogenated alkanes) is 1. The van der Waals surface area contributed by atoms with Crippen LogP contribution in [0.5, 0.6) is 5.75 Å². The number of hydrogen-bond donors (Lipinski definition) is 0. The number of hydrogen-bond acceptors (Lipinski definition) is 3. The van der Waals surface area contributed by atoms with Crippen molar-refractivity contribution in [2.24, 2.45) is 0 Å². The summed E-state index contributed by atoms with van der Waals surface area (Å²) in [6.07, 6.45) is 5.82. The van der Waals surface area contributed by atoms with E-state index >= 15 is 0 Å². The Labute approximate surface area is 114 Å². The van der Waals surface area contributed by atoms with Crippen LogP contribution < -0.4 is 4.74 Å². The van der Waals surface area contributed by atoms with Crippen LogP contribution in [0, 0.1) is 0 Å². The summed E-state index contributed by atoms with van der Waals surface area (Å²) in [5.41, 5.74) is 0. The lowest BCUT2D eigenvalue weighted by Gasteiger charge is -2.14. The Morgan fingerprint density at radius 2 is 2.00 bits per heavy atom. The molecule has 0 saturated carbocycles. The molecule has 0 saturated heterocycles. The first kappa shape index (κ1) is 15.0. The number of carbonyl (C=O) groups excluding carboxylic acids is 1. The summed E-state index contributed by atoms with van der Waals surface area (Å²) in [7, 11) is 0. The van der Waals surface area contributed by atoms with Crippen LogP contribution in [0.3, 0.4) is 0 Å². The molecule has 0 fully saturated rings. The van der Waals surface area contributed by atoms with Gasteiger partial charge in [0.15, 0.2) is 6.61 Å². The highest BCUT2D eigenvalue weighted by atomic mass is 16.6. The average Bonchev–Trinajstić information content (AvgIpc) is 2.45. The molecule has 1 aromatic rings. The Balaban J connectivity index is 2.28. The molecule has 3 nitrogen and oxygen atoms in total. The van der Waals surface area contributed by atoms with E-state index < -0.39 is 0 Å². The quantitative estimate of drug-likeness (QED) is 0.387. The van der Waals surface area contributed by atoms with E-state index in [2.05, 4.69) is 13.2 Å². The van der Waals surface area contributed by atoms with E-state index in [4.69, 9.17) is 9.47 Å². The van der Waals surface area contributed by atoms with Crippen molar-refractivity contribution in [1.82, 2.24) is 0 Å². The van der Waals surface area contributed by atoms with Gasteiger partial charge in [-0.25, -0.2) is 4.79 Å². The molecule has 0 N–H and O–H groups in total. The Hall–Kier alpha value is -2.03. The fraction of sp³-hybridized carbons (Fsp3) is 0.312. The van der Waals surface area contributed by atoms with Gasteiger partial charge in [0.05, 0.1) is 0 Å². The monoisotopic (exact) mass is 260 g/mol. The summed E-state index contributed by atoms with van der Waals surface area (Å²) in [6, 6.07) is 9.17. The lowest BCUT2D eigenvalue weighted by Crippen LogP contribution is -2.21. The van der Waals surface area contributed by atoms with Crippen LogP contribution in [0.4, 0.5) is 0 Å². The van der Waals surface area contributed by atoms with Crippen LogP contribution in [0.2, 0.25) is 0 Å². The van der Waals surface area contributed by atoms with E-state index in [1.54, 1.807) is 18.2 Å². The summed E-state index contributed by atoms with van der Waals surface area (Å²) in [5, 5.41) is 0. The van der Waals surface area contributed by atoms with Crippen molar-refractivity contribution in [1.29, 1.82) is 0 Å². The van der Waals surface area contributed by atoms with Gasteiger partial charge in [-0.1, -0.05) is 36.9 Å². The highest BCUT2D eigenvalue weighted by Gasteiger charge is 2.11. The first-order valence-corrected chi connectivity index (χ1v) is 6.37. The second kappa shape index (κ2) is 8.97. The highest BCUT2D eigenvalue weighted by Crippen LogP contribution is 2.10. The third-order valence-corrected chi connectivity index (χ3v) is 2.54. The molecular formula is C16H20O3. The van der Waals surface area contributed by atoms with Gasteiger partial charge >= 0.3 is 5.97 Å². The molecule has 19 heavy (non-hydrogen) atoms. The lowest BCUT2D eigenvalue weighted by atomic mass is 10.1. The number of rotatable bonds is 9. The standard InChI is InChI=1S/C16H20O3/c1-3-5-7-10-14(4-2)19-16(17)13-18-15-11-8-6-9-12-15/h3-4,6,8-9,11-12,14H,1-2,5,7,10,13H2/t14-/m0/s1.